The summed E-state index contributed by atoms with van der Waals surface area (Å²) in [6.45, 7) is 1.89. The molecule has 0 aliphatic rings. The second-order valence-electron chi connectivity index (χ2n) is 4.64. The third kappa shape index (κ3) is 2.74. The van der Waals surface area contributed by atoms with E-state index in [1.54, 1.807) is 31.2 Å². The van der Waals surface area contributed by atoms with E-state index in [4.69, 9.17) is 10.5 Å². The molecule has 2 aromatic rings. The highest BCUT2D eigenvalue weighted by molar-refractivity contribution is 6.07. The molecule has 0 saturated carbocycles. The van der Waals surface area contributed by atoms with E-state index in [0.717, 1.165) is 11.3 Å². The zero-order valence-corrected chi connectivity index (χ0v) is 11.9. The van der Waals surface area contributed by atoms with Gasteiger partial charge in [0.1, 0.15) is 5.75 Å². The summed E-state index contributed by atoms with van der Waals surface area (Å²) in [6, 6.07) is 12.7. The first-order chi connectivity index (χ1) is 9.52. The lowest BCUT2D eigenvalue weighted by Gasteiger charge is -2.19. The largest absolute Gasteiger partial charge is 0.497 e. The van der Waals surface area contributed by atoms with Crippen molar-refractivity contribution >= 4 is 17.3 Å². The Morgan fingerprint density at radius 2 is 1.95 bits per heavy atom. The van der Waals surface area contributed by atoms with E-state index in [9.17, 15) is 4.79 Å². The number of hydrogen-bond acceptors (Lipinski definition) is 3. The van der Waals surface area contributed by atoms with E-state index in [1.807, 2.05) is 37.3 Å². The van der Waals surface area contributed by atoms with Gasteiger partial charge in [-0.3, -0.25) is 4.79 Å². The smallest absolute Gasteiger partial charge is 0.258 e. The molecule has 2 aromatic carbocycles. The van der Waals surface area contributed by atoms with Crippen molar-refractivity contribution in [2.45, 2.75) is 6.92 Å². The van der Waals surface area contributed by atoms with Gasteiger partial charge in [0.25, 0.3) is 5.91 Å². The molecule has 0 aliphatic carbocycles. The molecule has 0 saturated heterocycles. The number of rotatable bonds is 3. The molecule has 0 unspecified atom stereocenters. The fraction of sp³-hybridized carbons (Fsp3) is 0.188. The Balaban J connectivity index is 2.34. The predicted molar refractivity (Wildman–Crippen MR) is 81.3 cm³/mol. The Morgan fingerprint density at radius 3 is 2.65 bits per heavy atom. The maximum absolute atomic E-state index is 12.5. The van der Waals surface area contributed by atoms with Gasteiger partial charge < -0.3 is 15.4 Å². The summed E-state index contributed by atoms with van der Waals surface area (Å²) in [5.41, 5.74) is 8.62. The minimum Gasteiger partial charge on any atom is -0.497 e. The molecule has 0 bridgehead atoms. The third-order valence-corrected chi connectivity index (χ3v) is 3.24. The number of carbonyl (C=O) groups excluding carboxylic acids is 1. The highest BCUT2D eigenvalue weighted by atomic mass is 16.5. The van der Waals surface area contributed by atoms with Crippen molar-refractivity contribution in [3.8, 4) is 5.75 Å². The normalized spacial score (nSPS) is 10.2. The summed E-state index contributed by atoms with van der Waals surface area (Å²) < 4.78 is 5.18. The van der Waals surface area contributed by atoms with Gasteiger partial charge in [-0.15, -0.1) is 0 Å². The fourth-order valence-electron chi connectivity index (χ4n) is 1.99. The van der Waals surface area contributed by atoms with Crippen molar-refractivity contribution in [3.05, 3.63) is 53.6 Å². The summed E-state index contributed by atoms with van der Waals surface area (Å²) in [7, 11) is 3.34. The van der Waals surface area contributed by atoms with E-state index in [-0.39, 0.29) is 5.91 Å². The van der Waals surface area contributed by atoms with Gasteiger partial charge in [-0.2, -0.15) is 0 Å². The van der Waals surface area contributed by atoms with Crippen molar-refractivity contribution in [2.75, 3.05) is 24.8 Å². The first-order valence-corrected chi connectivity index (χ1v) is 6.31. The van der Waals surface area contributed by atoms with Crippen molar-refractivity contribution in [2.24, 2.45) is 0 Å². The van der Waals surface area contributed by atoms with Crippen LogP contribution in [-0.2, 0) is 0 Å². The van der Waals surface area contributed by atoms with Crippen LogP contribution in [0.25, 0.3) is 0 Å². The highest BCUT2D eigenvalue weighted by Crippen LogP contribution is 2.23. The van der Waals surface area contributed by atoms with Crippen LogP contribution in [0.2, 0.25) is 0 Å². The fourth-order valence-corrected chi connectivity index (χ4v) is 1.99. The predicted octanol–water partition coefficient (Wildman–Crippen LogP) is 2.86. The maximum Gasteiger partial charge on any atom is 0.258 e. The van der Waals surface area contributed by atoms with E-state index in [0.29, 0.717) is 17.0 Å². The molecule has 20 heavy (non-hydrogen) atoms. The number of nitrogen functional groups attached to an aromatic ring is 1. The number of methoxy groups -OCH3 is 1. The van der Waals surface area contributed by atoms with Crippen LogP contribution in [0, 0.1) is 6.92 Å². The Hall–Kier alpha value is -2.49. The lowest BCUT2D eigenvalue weighted by molar-refractivity contribution is 0.0992. The van der Waals surface area contributed by atoms with Crippen LogP contribution in [0.3, 0.4) is 0 Å². The summed E-state index contributed by atoms with van der Waals surface area (Å²) in [5, 5.41) is 0. The monoisotopic (exact) mass is 270 g/mol. The van der Waals surface area contributed by atoms with Gasteiger partial charge in [-0.1, -0.05) is 12.1 Å². The number of carbonyl (C=O) groups is 1. The lowest BCUT2D eigenvalue weighted by Crippen LogP contribution is -2.27. The number of benzene rings is 2. The molecule has 0 aromatic heterocycles. The van der Waals surface area contributed by atoms with Crippen molar-refractivity contribution in [1.29, 1.82) is 0 Å². The topological polar surface area (TPSA) is 55.6 Å². The van der Waals surface area contributed by atoms with Crippen molar-refractivity contribution in [3.63, 3.8) is 0 Å². The van der Waals surface area contributed by atoms with Gasteiger partial charge >= 0.3 is 0 Å². The zero-order chi connectivity index (χ0) is 14.7. The number of nitrogens with two attached hydrogens (primary N) is 1. The van der Waals surface area contributed by atoms with Crippen molar-refractivity contribution < 1.29 is 9.53 Å². The van der Waals surface area contributed by atoms with Gasteiger partial charge in [0, 0.05) is 30.1 Å². The minimum absolute atomic E-state index is 0.0944. The number of anilines is 2. The second kappa shape index (κ2) is 5.65. The minimum atomic E-state index is -0.0944. The van der Waals surface area contributed by atoms with Gasteiger partial charge in [-0.05, 0) is 36.8 Å². The van der Waals surface area contributed by atoms with Crippen LogP contribution in [0.5, 0.6) is 5.75 Å². The zero-order valence-electron chi connectivity index (χ0n) is 11.9. The number of aryl methyl sites for hydroxylation is 1. The summed E-state index contributed by atoms with van der Waals surface area (Å²) in [6.07, 6.45) is 0. The SMILES string of the molecule is COc1cccc(N(C)C(=O)c2cc(N)ccc2C)c1. The molecule has 0 heterocycles. The maximum atomic E-state index is 12.5. The van der Waals surface area contributed by atoms with Crippen LogP contribution in [0.1, 0.15) is 15.9 Å². The summed E-state index contributed by atoms with van der Waals surface area (Å²) in [4.78, 5) is 14.1. The van der Waals surface area contributed by atoms with Crippen LogP contribution in [0.4, 0.5) is 11.4 Å². The van der Waals surface area contributed by atoms with E-state index >= 15 is 0 Å². The molecule has 0 fully saturated rings. The van der Waals surface area contributed by atoms with E-state index in [2.05, 4.69) is 0 Å². The Labute approximate surface area is 118 Å². The van der Waals surface area contributed by atoms with Gasteiger partial charge in [0.05, 0.1) is 7.11 Å². The number of amides is 1. The molecule has 2 N–H and O–H groups in total. The van der Waals surface area contributed by atoms with E-state index in [1.165, 1.54) is 0 Å². The Kier molecular flexibility index (Phi) is 3.94. The molecule has 0 spiro atoms. The highest BCUT2D eigenvalue weighted by Gasteiger charge is 2.16. The average Bonchev–Trinajstić information content (AvgIpc) is 2.48. The molecule has 1 amide bonds. The van der Waals surface area contributed by atoms with Gasteiger partial charge in [0.15, 0.2) is 0 Å². The molecule has 104 valence electrons. The van der Waals surface area contributed by atoms with Crippen LogP contribution in [0.15, 0.2) is 42.5 Å². The van der Waals surface area contributed by atoms with Crippen LogP contribution >= 0.6 is 0 Å². The second-order valence-corrected chi connectivity index (χ2v) is 4.64. The van der Waals surface area contributed by atoms with Crippen LogP contribution < -0.4 is 15.4 Å². The molecule has 4 nitrogen and oxygen atoms in total. The summed E-state index contributed by atoms with van der Waals surface area (Å²) in [5.74, 6) is 0.620. The molecule has 2 rings (SSSR count). The average molecular weight is 270 g/mol. The molecular formula is C16H18N2O2. The summed E-state index contributed by atoms with van der Waals surface area (Å²) >= 11 is 0. The quantitative estimate of drug-likeness (QED) is 0.872. The number of nitrogens with zero attached hydrogens (tertiary/aromatic N) is 1. The van der Waals surface area contributed by atoms with Crippen molar-refractivity contribution in [1.82, 2.24) is 0 Å². The first-order valence-electron chi connectivity index (χ1n) is 6.31. The Morgan fingerprint density at radius 1 is 1.20 bits per heavy atom. The molecular weight excluding hydrogens is 252 g/mol. The molecule has 0 atom stereocenters. The Bertz CT molecular complexity index is 638. The number of hydrogen-bond donors (Lipinski definition) is 1. The lowest BCUT2D eigenvalue weighted by atomic mass is 10.1. The van der Waals surface area contributed by atoms with Gasteiger partial charge in [0.2, 0.25) is 0 Å². The first kappa shape index (κ1) is 13.9. The molecule has 0 aliphatic heterocycles. The van der Waals surface area contributed by atoms with E-state index < -0.39 is 0 Å². The molecule has 0 radical (unpaired) electrons. The third-order valence-electron chi connectivity index (χ3n) is 3.24. The standard InChI is InChI=1S/C16H18N2O2/c1-11-7-8-12(17)9-15(11)16(19)18(2)13-5-4-6-14(10-13)20-3/h4-10H,17H2,1-3H3. The van der Waals surface area contributed by atoms with Gasteiger partial charge in [-0.25, -0.2) is 0 Å². The number of ether oxygens (including phenoxy) is 1. The van der Waals surface area contributed by atoms with Crippen LogP contribution in [-0.4, -0.2) is 20.1 Å². The molecule has 4 heteroatoms.